The van der Waals surface area contributed by atoms with Crippen molar-refractivity contribution in [2.75, 3.05) is 0 Å². The number of hydrogen-bond acceptors (Lipinski definition) is 1. The van der Waals surface area contributed by atoms with Gasteiger partial charge in [-0.1, -0.05) is 48.5 Å². The molecule has 0 aliphatic carbocycles. The average Bonchev–Trinajstić information content (AvgIpc) is 2.84. The minimum atomic E-state index is 0.805. The molecule has 0 spiro atoms. The predicted molar refractivity (Wildman–Crippen MR) is 82.1 cm³/mol. The lowest BCUT2D eigenvalue weighted by Gasteiger charge is -2.08. The van der Waals surface area contributed by atoms with Gasteiger partial charge in [0.05, 0.1) is 6.07 Å². The molecule has 0 aliphatic rings. The summed E-state index contributed by atoms with van der Waals surface area (Å²) < 4.78 is 2.23. The summed E-state index contributed by atoms with van der Waals surface area (Å²) in [5.74, 6) is 0. The highest BCUT2D eigenvalue weighted by Gasteiger charge is 2.06. The van der Waals surface area contributed by atoms with Crippen LogP contribution < -0.4 is 0 Å². The normalized spacial score (nSPS) is 10.9. The molecule has 0 bridgehead atoms. The van der Waals surface area contributed by atoms with Crippen LogP contribution in [0.3, 0.4) is 0 Å². The molecular formula is C18H14N2. The Bertz CT molecular complexity index is 789. The van der Waals surface area contributed by atoms with Gasteiger partial charge in [-0.3, -0.25) is 0 Å². The highest BCUT2D eigenvalue weighted by molar-refractivity contribution is 5.83. The molecule has 3 aromatic rings. The minimum absolute atomic E-state index is 0.805. The van der Waals surface area contributed by atoms with E-state index in [1.165, 1.54) is 22.5 Å². The number of nitriles is 1. The van der Waals surface area contributed by atoms with Crippen molar-refractivity contribution in [1.29, 1.82) is 5.26 Å². The first kappa shape index (κ1) is 12.3. The van der Waals surface area contributed by atoms with Crippen molar-refractivity contribution >= 4 is 17.0 Å². The van der Waals surface area contributed by atoms with Crippen LogP contribution in [0.15, 0.2) is 66.7 Å². The molecule has 0 amide bonds. The second-order valence-electron chi connectivity index (χ2n) is 4.66. The smallest absolute Gasteiger partial charge is 0.0912 e. The van der Waals surface area contributed by atoms with E-state index in [2.05, 4.69) is 41.0 Å². The van der Waals surface area contributed by atoms with E-state index in [1.54, 1.807) is 0 Å². The van der Waals surface area contributed by atoms with E-state index >= 15 is 0 Å². The first-order valence-electron chi connectivity index (χ1n) is 6.57. The largest absolute Gasteiger partial charge is 0.336 e. The molecule has 2 nitrogen and oxygen atoms in total. The monoisotopic (exact) mass is 258 g/mol. The number of rotatable bonds is 3. The van der Waals surface area contributed by atoms with E-state index in [-0.39, 0.29) is 0 Å². The third-order valence-electron chi connectivity index (χ3n) is 3.35. The number of para-hydroxylation sites is 1. The van der Waals surface area contributed by atoms with Gasteiger partial charge in [-0.05, 0) is 23.8 Å². The number of fused-ring (bicyclic) bond motifs is 1. The summed E-state index contributed by atoms with van der Waals surface area (Å²) in [5.41, 5.74) is 3.49. The fourth-order valence-corrected chi connectivity index (χ4v) is 2.43. The van der Waals surface area contributed by atoms with E-state index < -0.39 is 0 Å². The van der Waals surface area contributed by atoms with Crippen molar-refractivity contribution in [2.24, 2.45) is 0 Å². The molecule has 0 saturated carbocycles. The lowest BCUT2D eigenvalue weighted by Crippen LogP contribution is -2.01. The second-order valence-corrected chi connectivity index (χ2v) is 4.66. The quantitative estimate of drug-likeness (QED) is 0.646. The van der Waals surface area contributed by atoms with Gasteiger partial charge in [0.25, 0.3) is 0 Å². The molecule has 1 heterocycles. The SMILES string of the molecule is N#CC=Cc1cc2ccccc2n1Cc1ccccc1. The molecule has 2 heteroatoms. The van der Waals surface area contributed by atoms with Crippen LogP contribution in [0.1, 0.15) is 11.3 Å². The van der Waals surface area contributed by atoms with Crippen molar-refractivity contribution in [2.45, 2.75) is 6.54 Å². The van der Waals surface area contributed by atoms with Gasteiger partial charge in [0.1, 0.15) is 0 Å². The zero-order chi connectivity index (χ0) is 13.8. The number of hydrogen-bond donors (Lipinski definition) is 0. The zero-order valence-electron chi connectivity index (χ0n) is 11.0. The third kappa shape index (κ3) is 2.34. The lowest BCUT2D eigenvalue weighted by molar-refractivity contribution is 0.828. The van der Waals surface area contributed by atoms with Gasteiger partial charge in [-0.2, -0.15) is 5.26 Å². The van der Waals surface area contributed by atoms with Gasteiger partial charge in [0, 0.05) is 29.2 Å². The topological polar surface area (TPSA) is 28.7 Å². The number of benzene rings is 2. The molecule has 0 unspecified atom stereocenters. The van der Waals surface area contributed by atoms with Crippen molar-refractivity contribution in [3.05, 3.63) is 78.0 Å². The van der Waals surface area contributed by atoms with Gasteiger partial charge in [-0.15, -0.1) is 0 Å². The van der Waals surface area contributed by atoms with Crippen LogP contribution in [0.4, 0.5) is 0 Å². The summed E-state index contributed by atoms with van der Waals surface area (Å²) in [7, 11) is 0. The zero-order valence-corrected chi connectivity index (χ0v) is 11.0. The summed E-state index contributed by atoms with van der Waals surface area (Å²) in [5, 5.41) is 9.93. The molecule has 96 valence electrons. The molecule has 0 saturated heterocycles. The average molecular weight is 258 g/mol. The maximum Gasteiger partial charge on any atom is 0.0912 e. The fourth-order valence-electron chi connectivity index (χ4n) is 2.43. The van der Waals surface area contributed by atoms with Crippen molar-refractivity contribution in [3.63, 3.8) is 0 Å². The van der Waals surface area contributed by atoms with E-state index in [1.807, 2.05) is 36.4 Å². The Balaban J connectivity index is 2.11. The van der Waals surface area contributed by atoms with Crippen LogP contribution in [0.5, 0.6) is 0 Å². The summed E-state index contributed by atoms with van der Waals surface area (Å²) in [4.78, 5) is 0. The predicted octanol–water partition coefficient (Wildman–Crippen LogP) is 4.23. The van der Waals surface area contributed by atoms with E-state index in [4.69, 9.17) is 5.26 Å². The Labute approximate surface area is 118 Å². The Morgan fingerprint density at radius 3 is 2.55 bits per heavy atom. The molecule has 0 atom stereocenters. The standard InChI is InChI=1S/C18H14N2/c19-12-6-10-17-13-16-9-4-5-11-18(16)20(17)14-15-7-2-1-3-8-15/h1-11,13H,14H2. The molecule has 0 N–H and O–H groups in total. The van der Waals surface area contributed by atoms with E-state index in [0.717, 1.165) is 12.2 Å². The highest BCUT2D eigenvalue weighted by Crippen LogP contribution is 2.22. The number of aromatic nitrogens is 1. The third-order valence-corrected chi connectivity index (χ3v) is 3.35. The van der Waals surface area contributed by atoms with Crippen LogP contribution in [0.25, 0.3) is 17.0 Å². The van der Waals surface area contributed by atoms with E-state index in [0.29, 0.717) is 0 Å². The van der Waals surface area contributed by atoms with Crippen molar-refractivity contribution < 1.29 is 0 Å². The summed E-state index contributed by atoms with van der Waals surface area (Å²) in [6.45, 7) is 0.805. The first-order chi connectivity index (χ1) is 9.88. The number of nitrogens with zero attached hydrogens (tertiary/aromatic N) is 2. The van der Waals surface area contributed by atoms with Gasteiger partial charge in [0.2, 0.25) is 0 Å². The van der Waals surface area contributed by atoms with Gasteiger partial charge >= 0.3 is 0 Å². The number of allylic oxidation sites excluding steroid dienone is 1. The lowest BCUT2D eigenvalue weighted by atomic mass is 10.2. The summed E-state index contributed by atoms with van der Waals surface area (Å²) in [6.07, 6.45) is 3.39. The van der Waals surface area contributed by atoms with E-state index in [9.17, 15) is 0 Å². The molecule has 1 aromatic heterocycles. The summed E-state index contributed by atoms with van der Waals surface area (Å²) in [6, 6.07) is 22.8. The van der Waals surface area contributed by atoms with Crippen molar-refractivity contribution in [3.8, 4) is 6.07 Å². The second kappa shape index (κ2) is 5.46. The molecule has 0 radical (unpaired) electrons. The van der Waals surface area contributed by atoms with Gasteiger partial charge in [-0.25, -0.2) is 0 Å². The maximum absolute atomic E-state index is 8.74. The van der Waals surface area contributed by atoms with Crippen LogP contribution in [0.2, 0.25) is 0 Å². The maximum atomic E-state index is 8.74. The Hall–Kier alpha value is -2.79. The molecule has 2 aromatic carbocycles. The van der Waals surface area contributed by atoms with Crippen LogP contribution in [-0.4, -0.2) is 4.57 Å². The molecular weight excluding hydrogens is 244 g/mol. The van der Waals surface area contributed by atoms with Crippen LogP contribution in [0, 0.1) is 11.3 Å². The molecule has 0 fully saturated rings. The Morgan fingerprint density at radius 1 is 1.00 bits per heavy atom. The van der Waals surface area contributed by atoms with Gasteiger partial charge in [0.15, 0.2) is 0 Å². The molecule has 0 aliphatic heterocycles. The fraction of sp³-hybridized carbons (Fsp3) is 0.0556. The highest BCUT2D eigenvalue weighted by atomic mass is 15.0. The molecule has 20 heavy (non-hydrogen) atoms. The Morgan fingerprint density at radius 2 is 1.75 bits per heavy atom. The van der Waals surface area contributed by atoms with Gasteiger partial charge < -0.3 is 4.57 Å². The Kier molecular flexibility index (Phi) is 3.34. The first-order valence-corrected chi connectivity index (χ1v) is 6.57. The van der Waals surface area contributed by atoms with Crippen LogP contribution in [-0.2, 0) is 6.54 Å². The van der Waals surface area contributed by atoms with Crippen molar-refractivity contribution in [1.82, 2.24) is 4.57 Å². The minimum Gasteiger partial charge on any atom is -0.336 e. The summed E-state index contributed by atoms with van der Waals surface area (Å²) >= 11 is 0. The van der Waals surface area contributed by atoms with Crippen LogP contribution >= 0.6 is 0 Å². The molecule has 3 rings (SSSR count).